The van der Waals surface area contributed by atoms with Crippen molar-refractivity contribution >= 4 is 28.3 Å². The predicted octanol–water partition coefficient (Wildman–Crippen LogP) is 5.58. The fourth-order valence-electron chi connectivity index (χ4n) is 3.49. The van der Waals surface area contributed by atoms with Crippen LogP contribution >= 0.6 is 11.6 Å². The SMILES string of the molecule is O=C(c1c[nH]c2ccccc12)C(NCCc1cccc(Cl)c1)c1ccccc1. The first-order valence-corrected chi connectivity index (χ1v) is 9.73. The summed E-state index contributed by atoms with van der Waals surface area (Å²) in [7, 11) is 0. The summed E-state index contributed by atoms with van der Waals surface area (Å²) in [6.07, 6.45) is 2.60. The number of carbonyl (C=O) groups is 1. The van der Waals surface area contributed by atoms with Crippen LogP contribution in [0.15, 0.2) is 85.1 Å². The van der Waals surface area contributed by atoms with Gasteiger partial charge >= 0.3 is 0 Å². The zero-order valence-electron chi connectivity index (χ0n) is 15.4. The summed E-state index contributed by atoms with van der Waals surface area (Å²) in [5.41, 5.74) is 3.78. The minimum absolute atomic E-state index is 0.0646. The number of H-pyrrole nitrogens is 1. The Hall–Kier alpha value is -2.88. The van der Waals surface area contributed by atoms with Gasteiger partial charge in [-0.3, -0.25) is 4.79 Å². The molecule has 0 aliphatic rings. The molecule has 0 radical (unpaired) electrons. The molecule has 4 heteroatoms. The zero-order chi connectivity index (χ0) is 19.3. The Bertz CT molecular complexity index is 1090. The van der Waals surface area contributed by atoms with Crippen molar-refractivity contribution in [1.29, 1.82) is 0 Å². The maximum Gasteiger partial charge on any atom is 0.186 e. The molecule has 1 aromatic heterocycles. The van der Waals surface area contributed by atoms with Crippen LogP contribution in [0.3, 0.4) is 0 Å². The first-order chi connectivity index (χ1) is 13.7. The van der Waals surface area contributed by atoms with Gasteiger partial charge in [-0.2, -0.15) is 0 Å². The second-order valence-corrected chi connectivity index (χ2v) is 7.23. The minimum atomic E-state index is -0.403. The van der Waals surface area contributed by atoms with Crippen molar-refractivity contribution in [2.45, 2.75) is 12.5 Å². The summed E-state index contributed by atoms with van der Waals surface area (Å²) < 4.78 is 0. The highest BCUT2D eigenvalue weighted by molar-refractivity contribution is 6.30. The van der Waals surface area contributed by atoms with Crippen molar-refractivity contribution in [1.82, 2.24) is 10.3 Å². The maximum atomic E-state index is 13.4. The molecule has 3 aromatic carbocycles. The van der Waals surface area contributed by atoms with Crippen LogP contribution in [0, 0.1) is 0 Å². The van der Waals surface area contributed by atoms with E-state index in [2.05, 4.69) is 10.3 Å². The molecule has 4 rings (SSSR count). The van der Waals surface area contributed by atoms with Crippen LogP contribution in [0.2, 0.25) is 5.02 Å². The van der Waals surface area contributed by atoms with Gasteiger partial charge in [0.05, 0.1) is 6.04 Å². The summed E-state index contributed by atoms with van der Waals surface area (Å²) in [4.78, 5) is 16.6. The van der Waals surface area contributed by atoms with Crippen molar-refractivity contribution in [3.8, 4) is 0 Å². The van der Waals surface area contributed by atoms with Crippen LogP contribution in [0.1, 0.15) is 27.5 Å². The van der Waals surface area contributed by atoms with Gasteiger partial charge in [0.2, 0.25) is 0 Å². The van der Waals surface area contributed by atoms with Crippen LogP contribution in [-0.2, 0) is 6.42 Å². The van der Waals surface area contributed by atoms with Gasteiger partial charge in [-0.15, -0.1) is 0 Å². The van der Waals surface area contributed by atoms with E-state index in [1.807, 2.05) is 85.1 Å². The van der Waals surface area contributed by atoms with E-state index in [4.69, 9.17) is 11.6 Å². The number of hydrogen-bond acceptors (Lipinski definition) is 2. The molecule has 1 heterocycles. The smallest absolute Gasteiger partial charge is 0.186 e. The topological polar surface area (TPSA) is 44.9 Å². The van der Waals surface area contributed by atoms with Gasteiger partial charge < -0.3 is 10.3 Å². The zero-order valence-corrected chi connectivity index (χ0v) is 16.1. The molecule has 1 unspecified atom stereocenters. The minimum Gasteiger partial charge on any atom is -0.360 e. The largest absolute Gasteiger partial charge is 0.360 e. The molecule has 0 aliphatic heterocycles. The number of fused-ring (bicyclic) bond motifs is 1. The van der Waals surface area contributed by atoms with Crippen molar-refractivity contribution in [2.24, 2.45) is 0 Å². The Labute approximate surface area is 169 Å². The van der Waals surface area contributed by atoms with E-state index < -0.39 is 6.04 Å². The first kappa shape index (κ1) is 18.5. The fourth-order valence-corrected chi connectivity index (χ4v) is 3.70. The molecule has 28 heavy (non-hydrogen) atoms. The molecule has 0 bridgehead atoms. The fraction of sp³-hybridized carbons (Fsp3) is 0.125. The summed E-state index contributed by atoms with van der Waals surface area (Å²) >= 11 is 6.08. The van der Waals surface area contributed by atoms with E-state index in [0.29, 0.717) is 12.1 Å². The highest BCUT2D eigenvalue weighted by Crippen LogP contribution is 2.24. The van der Waals surface area contributed by atoms with E-state index in [1.165, 1.54) is 0 Å². The Kier molecular flexibility index (Phi) is 5.56. The number of Topliss-reactive ketones (excluding diaryl/α,β-unsaturated/α-hetero) is 1. The van der Waals surface area contributed by atoms with Crippen molar-refractivity contribution in [2.75, 3.05) is 6.54 Å². The van der Waals surface area contributed by atoms with E-state index in [0.717, 1.165) is 33.5 Å². The van der Waals surface area contributed by atoms with Gasteiger partial charge in [0.15, 0.2) is 5.78 Å². The highest BCUT2D eigenvalue weighted by atomic mass is 35.5. The number of aromatic amines is 1. The average molecular weight is 389 g/mol. The number of benzene rings is 3. The van der Waals surface area contributed by atoms with Gasteiger partial charge in [0, 0.05) is 34.2 Å². The monoisotopic (exact) mass is 388 g/mol. The summed E-state index contributed by atoms with van der Waals surface area (Å²) in [6.45, 7) is 0.675. The lowest BCUT2D eigenvalue weighted by molar-refractivity contribution is 0.0945. The normalized spacial score (nSPS) is 12.2. The van der Waals surface area contributed by atoms with E-state index in [1.54, 1.807) is 0 Å². The Balaban J connectivity index is 1.58. The molecule has 0 saturated carbocycles. The first-order valence-electron chi connectivity index (χ1n) is 9.35. The van der Waals surface area contributed by atoms with Crippen molar-refractivity contribution in [3.05, 3.63) is 107 Å². The molecule has 0 saturated heterocycles. The second-order valence-electron chi connectivity index (χ2n) is 6.79. The molecule has 1 atom stereocenters. The number of rotatable bonds is 7. The quantitative estimate of drug-likeness (QED) is 0.406. The molecule has 0 fully saturated rings. The van der Waals surface area contributed by atoms with Gasteiger partial charge in [0.1, 0.15) is 0 Å². The average Bonchev–Trinajstić information content (AvgIpc) is 3.16. The second kappa shape index (κ2) is 8.42. The lowest BCUT2D eigenvalue weighted by Gasteiger charge is -2.18. The van der Waals surface area contributed by atoms with Gasteiger partial charge in [-0.05, 0) is 35.7 Å². The molecular weight excluding hydrogens is 368 g/mol. The third-order valence-electron chi connectivity index (χ3n) is 4.90. The molecule has 0 amide bonds. The maximum absolute atomic E-state index is 13.4. The van der Waals surface area contributed by atoms with E-state index >= 15 is 0 Å². The van der Waals surface area contributed by atoms with Crippen LogP contribution in [0.4, 0.5) is 0 Å². The standard InChI is InChI=1S/C24H21ClN2O/c25-19-10-6-7-17(15-19)13-14-26-23(18-8-2-1-3-9-18)24(28)21-16-27-22-12-5-4-11-20(21)22/h1-12,15-16,23,26-27H,13-14H2. The lowest BCUT2D eigenvalue weighted by Crippen LogP contribution is -2.30. The Morgan fingerprint density at radius 3 is 2.57 bits per heavy atom. The van der Waals surface area contributed by atoms with E-state index in [-0.39, 0.29) is 5.78 Å². The summed E-state index contributed by atoms with van der Waals surface area (Å²) in [5, 5.41) is 5.13. The predicted molar refractivity (Wildman–Crippen MR) is 115 cm³/mol. The molecule has 0 spiro atoms. The van der Waals surface area contributed by atoms with Gasteiger partial charge in [0.25, 0.3) is 0 Å². The van der Waals surface area contributed by atoms with Crippen LogP contribution in [0.25, 0.3) is 10.9 Å². The number of hydrogen-bond donors (Lipinski definition) is 2. The van der Waals surface area contributed by atoms with Crippen LogP contribution < -0.4 is 5.32 Å². The van der Waals surface area contributed by atoms with Gasteiger partial charge in [-0.1, -0.05) is 72.3 Å². The number of para-hydroxylation sites is 1. The highest BCUT2D eigenvalue weighted by Gasteiger charge is 2.23. The van der Waals surface area contributed by atoms with Crippen molar-refractivity contribution < 1.29 is 4.79 Å². The number of halogens is 1. The number of carbonyl (C=O) groups excluding carboxylic acids is 1. The van der Waals surface area contributed by atoms with Crippen molar-refractivity contribution in [3.63, 3.8) is 0 Å². The lowest BCUT2D eigenvalue weighted by atomic mass is 9.96. The summed E-state index contributed by atoms with van der Waals surface area (Å²) in [5.74, 6) is 0.0646. The summed E-state index contributed by atoms with van der Waals surface area (Å²) in [6, 6.07) is 25.2. The molecule has 0 aliphatic carbocycles. The Morgan fingerprint density at radius 2 is 1.75 bits per heavy atom. The number of nitrogens with one attached hydrogen (secondary N) is 2. The third-order valence-corrected chi connectivity index (χ3v) is 5.14. The third kappa shape index (κ3) is 4.01. The van der Waals surface area contributed by atoms with E-state index in [9.17, 15) is 4.79 Å². The number of ketones is 1. The molecule has 3 nitrogen and oxygen atoms in total. The molecule has 4 aromatic rings. The Morgan fingerprint density at radius 1 is 0.964 bits per heavy atom. The number of aromatic nitrogens is 1. The molecular formula is C24H21ClN2O. The van der Waals surface area contributed by atoms with Crippen LogP contribution in [0.5, 0.6) is 0 Å². The molecule has 140 valence electrons. The molecule has 2 N–H and O–H groups in total. The van der Waals surface area contributed by atoms with Gasteiger partial charge in [-0.25, -0.2) is 0 Å². The van der Waals surface area contributed by atoms with Crippen LogP contribution in [-0.4, -0.2) is 17.3 Å².